The van der Waals surface area contributed by atoms with Gasteiger partial charge < -0.3 is 14.8 Å². The number of rotatable bonds is 7. The van der Waals surface area contributed by atoms with E-state index in [-0.39, 0.29) is 18.3 Å². The normalized spacial score (nSPS) is 10.2. The SMILES string of the molecule is CCOc1ccc(CNC(=O)COc2ccc(F)cc2)cc1Cl. The molecule has 6 heteroatoms. The lowest BCUT2D eigenvalue weighted by Crippen LogP contribution is -2.28. The van der Waals surface area contributed by atoms with Crippen molar-refractivity contribution in [3.05, 3.63) is 58.9 Å². The van der Waals surface area contributed by atoms with Crippen LogP contribution in [0.4, 0.5) is 4.39 Å². The van der Waals surface area contributed by atoms with E-state index in [9.17, 15) is 9.18 Å². The molecule has 0 aliphatic heterocycles. The Bertz CT molecular complexity index is 661. The van der Waals surface area contributed by atoms with Crippen LogP contribution in [0.3, 0.4) is 0 Å². The van der Waals surface area contributed by atoms with Gasteiger partial charge in [-0.1, -0.05) is 17.7 Å². The van der Waals surface area contributed by atoms with E-state index in [1.165, 1.54) is 24.3 Å². The van der Waals surface area contributed by atoms with E-state index in [0.29, 0.717) is 29.7 Å². The lowest BCUT2D eigenvalue weighted by atomic mass is 10.2. The summed E-state index contributed by atoms with van der Waals surface area (Å²) in [5, 5.41) is 3.22. The number of hydrogen-bond donors (Lipinski definition) is 1. The van der Waals surface area contributed by atoms with Crippen molar-refractivity contribution in [1.82, 2.24) is 5.32 Å². The molecule has 2 aromatic carbocycles. The highest BCUT2D eigenvalue weighted by molar-refractivity contribution is 6.32. The van der Waals surface area contributed by atoms with Crippen molar-refractivity contribution in [2.45, 2.75) is 13.5 Å². The van der Waals surface area contributed by atoms with E-state index < -0.39 is 0 Å². The molecule has 23 heavy (non-hydrogen) atoms. The molecular weight excluding hydrogens is 321 g/mol. The maximum Gasteiger partial charge on any atom is 0.258 e. The van der Waals surface area contributed by atoms with E-state index in [1.54, 1.807) is 12.1 Å². The molecule has 4 nitrogen and oxygen atoms in total. The second-order valence-electron chi connectivity index (χ2n) is 4.72. The summed E-state index contributed by atoms with van der Waals surface area (Å²) in [6.45, 7) is 2.61. The van der Waals surface area contributed by atoms with Crippen LogP contribution in [-0.4, -0.2) is 19.1 Å². The first-order valence-corrected chi connectivity index (χ1v) is 7.52. The number of benzene rings is 2. The molecule has 0 radical (unpaired) electrons. The Morgan fingerprint density at radius 3 is 2.57 bits per heavy atom. The van der Waals surface area contributed by atoms with Crippen molar-refractivity contribution in [2.24, 2.45) is 0 Å². The van der Waals surface area contributed by atoms with Gasteiger partial charge in [0.05, 0.1) is 11.6 Å². The van der Waals surface area contributed by atoms with Crippen LogP contribution in [-0.2, 0) is 11.3 Å². The molecule has 0 bridgehead atoms. The van der Waals surface area contributed by atoms with E-state index in [4.69, 9.17) is 21.1 Å². The highest BCUT2D eigenvalue weighted by Crippen LogP contribution is 2.25. The second-order valence-corrected chi connectivity index (χ2v) is 5.12. The molecule has 0 spiro atoms. The quantitative estimate of drug-likeness (QED) is 0.840. The Balaban J connectivity index is 1.80. The van der Waals surface area contributed by atoms with Crippen molar-refractivity contribution >= 4 is 17.5 Å². The Labute approximate surface area is 139 Å². The molecule has 0 saturated carbocycles. The summed E-state index contributed by atoms with van der Waals surface area (Å²) in [4.78, 5) is 11.7. The van der Waals surface area contributed by atoms with Gasteiger partial charge in [0.2, 0.25) is 0 Å². The average molecular weight is 338 g/mol. The van der Waals surface area contributed by atoms with Gasteiger partial charge in [-0.2, -0.15) is 0 Å². The summed E-state index contributed by atoms with van der Waals surface area (Å²) in [6.07, 6.45) is 0. The number of nitrogens with one attached hydrogen (secondary N) is 1. The topological polar surface area (TPSA) is 47.6 Å². The maximum absolute atomic E-state index is 12.7. The van der Waals surface area contributed by atoms with E-state index in [0.717, 1.165) is 5.56 Å². The van der Waals surface area contributed by atoms with Crippen LogP contribution < -0.4 is 14.8 Å². The third-order valence-electron chi connectivity index (χ3n) is 2.97. The fourth-order valence-electron chi connectivity index (χ4n) is 1.86. The standard InChI is InChI=1S/C17H17ClFNO3/c1-2-22-16-8-3-12(9-15(16)18)10-20-17(21)11-23-14-6-4-13(19)5-7-14/h3-9H,2,10-11H2,1H3,(H,20,21). The third-order valence-corrected chi connectivity index (χ3v) is 3.26. The second kappa shape index (κ2) is 8.39. The van der Waals surface area contributed by atoms with Gasteiger partial charge in [-0.05, 0) is 48.9 Å². The van der Waals surface area contributed by atoms with Crippen LogP contribution in [0.5, 0.6) is 11.5 Å². The molecule has 0 heterocycles. The lowest BCUT2D eigenvalue weighted by molar-refractivity contribution is -0.123. The van der Waals surface area contributed by atoms with Crippen LogP contribution >= 0.6 is 11.6 Å². The molecule has 0 saturated heterocycles. The van der Waals surface area contributed by atoms with Gasteiger partial charge in [0.15, 0.2) is 6.61 Å². The van der Waals surface area contributed by atoms with Crippen LogP contribution in [0.15, 0.2) is 42.5 Å². The monoisotopic (exact) mass is 337 g/mol. The summed E-state index contributed by atoms with van der Waals surface area (Å²) in [6, 6.07) is 10.8. The minimum atomic E-state index is -0.353. The molecule has 0 unspecified atom stereocenters. The predicted molar refractivity (Wildman–Crippen MR) is 86.4 cm³/mol. The number of hydrogen-bond acceptors (Lipinski definition) is 3. The zero-order chi connectivity index (χ0) is 16.7. The van der Waals surface area contributed by atoms with Crippen LogP contribution in [0.25, 0.3) is 0 Å². The van der Waals surface area contributed by atoms with E-state index in [1.807, 2.05) is 13.0 Å². The first-order valence-electron chi connectivity index (χ1n) is 7.14. The van der Waals surface area contributed by atoms with E-state index in [2.05, 4.69) is 5.32 Å². The van der Waals surface area contributed by atoms with Gasteiger partial charge in [0.1, 0.15) is 17.3 Å². The lowest BCUT2D eigenvalue weighted by Gasteiger charge is -2.10. The zero-order valence-electron chi connectivity index (χ0n) is 12.6. The molecule has 0 atom stereocenters. The number of halogens is 2. The van der Waals surface area contributed by atoms with Crippen LogP contribution in [0.2, 0.25) is 5.02 Å². The molecule has 1 N–H and O–H groups in total. The summed E-state index contributed by atoms with van der Waals surface area (Å²) in [5.41, 5.74) is 0.855. The molecular formula is C17H17ClFNO3. The van der Waals surface area contributed by atoms with Gasteiger partial charge in [0.25, 0.3) is 5.91 Å². The summed E-state index contributed by atoms with van der Waals surface area (Å²) in [5.74, 6) is 0.419. The smallest absolute Gasteiger partial charge is 0.258 e. The van der Waals surface area contributed by atoms with Crippen molar-refractivity contribution in [1.29, 1.82) is 0 Å². The fraction of sp³-hybridized carbons (Fsp3) is 0.235. The minimum Gasteiger partial charge on any atom is -0.492 e. The van der Waals surface area contributed by atoms with E-state index >= 15 is 0 Å². The fourth-order valence-corrected chi connectivity index (χ4v) is 2.12. The first-order chi connectivity index (χ1) is 11.1. The zero-order valence-corrected chi connectivity index (χ0v) is 13.4. The molecule has 122 valence electrons. The van der Waals surface area contributed by atoms with Gasteiger partial charge in [0, 0.05) is 6.54 Å². The summed E-state index contributed by atoms with van der Waals surface area (Å²) >= 11 is 6.08. The molecule has 0 aliphatic rings. The average Bonchev–Trinajstić information content (AvgIpc) is 2.55. The maximum atomic E-state index is 12.7. The molecule has 2 aromatic rings. The number of carbonyl (C=O) groups excluding carboxylic acids is 1. The molecule has 0 fully saturated rings. The molecule has 1 amide bonds. The highest BCUT2D eigenvalue weighted by Gasteiger charge is 2.06. The van der Waals surface area contributed by atoms with Gasteiger partial charge in [-0.3, -0.25) is 4.79 Å². The number of ether oxygens (including phenoxy) is 2. The van der Waals surface area contributed by atoms with Crippen molar-refractivity contribution in [3.8, 4) is 11.5 Å². The Morgan fingerprint density at radius 1 is 1.17 bits per heavy atom. The predicted octanol–water partition coefficient (Wildman–Crippen LogP) is 3.57. The Kier molecular flexibility index (Phi) is 6.23. The van der Waals surface area contributed by atoms with Gasteiger partial charge in [-0.15, -0.1) is 0 Å². The summed E-state index contributed by atoms with van der Waals surface area (Å²) in [7, 11) is 0. The van der Waals surface area contributed by atoms with Crippen molar-refractivity contribution in [2.75, 3.05) is 13.2 Å². The Morgan fingerprint density at radius 2 is 1.91 bits per heavy atom. The largest absolute Gasteiger partial charge is 0.492 e. The van der Waals surface area contributed by atoms with Gasteiger partial charge in [-0.25, -0.2) is 4.39 Å². The van der Waals surface area contributed by atoms with Crippen LogP contribution in [0, 0.1) is 5.82 Å². The third kappa shape index (κ3) is 5.45. The minimum absolute atomic E-state index is 0.142. The number of amides is 1. The molecule has 2 rings (SSSR count). The van der Waals surface area contributed by atoms with Crippen molar-refractivity contribution < 1.29 is 18.7 Å². The van der Waals surface area contributed by atoms with Crippen molar-refractivity contribution in [3.63, 3.8) is 0 Å². The Hall–Kier alpha value is -2.27. The molecule has 0 aromatic heterocycles. The highest BCUT2D eigenvalue weighted by atomic mass is 35.5. The van der Waals surface area contributed by atoms with Crippen LogP contribution in [0.1, 0.15) is 12.5 Å². The molecule has 0 aliphatic carbocycles. The first kappa shape index (κ1) is 17.1. The van der Waals surface area contributed by atoms with Gasteiger partial charge >= 0.3 is 0 Å². The summed E-state index contributed by atoms with van der Waals surface area (Å²) < 4.78 is 23.4. The number of carbonyl (C=O) groups is 1.